The molecule has 1 aromatic heterocycles. The molecule has 2 rings (SSSR count). The van der Waals surface area contributed by atoms with E-state index < -0.39 is 0 Å². The lowest BCUT2D eigenvalue weighted by atomic mass is 10.2. The number of methoxy groups -OCH3 is 1. The molecule has 1 aromatic carbocycles. The molecule has 0 aliphatic carbocycles. The van der Waals surface area contributed by atoms with E-state index in [1.54, 1.807) is 25.4 Å². The summed E-state index contributed by atoms with van der Waals surface area (Å²) < 4.78 is 10.9. The van der Waals surface area contributed by atoms with Gasteiger partial charge in [-0.15, -0.1) is 0 Å². The molecule has 2 N–H and O–H groups in total. The molecule has 2 aromatic rings. The largest absolute Gasteiger partial charge is 0.491 e. The van der Waals surface area contributed by atoms with Crippen LogP contribution in [0.15, 0.2) is 36.5 Å². The zero-order valence-corrected chi connectivity index (χ0v) is 9.81. The molecule has 0 aliphatic heterocycles. The van der Waals surface area contributed by atoms with Crippen LogP contribution in [-0.2, 0) is 0 Å². The number of pyridine rings is 1. The summed E-state index contributed by atoms with van der Waals surface area (Å²) in [5.74, 6) is 1.71. The number of benzene rings is 1. The Kier molecular flexibility index (Phi) is 3.14. The molecule has 0 bridgehead atoms. The summed E-state index contributed by atoms with van der Waals surface area (Å²) in [4.78, 5) is 4.13. The standard InChI is InChI=1S/C13H14N2O2/c1-9-10(14)5-3-6-11(9)17-13-12(16-2)7-4-8-15-13/h3-8H,14H2,1-2H3. The SMILES string of the molecule is COc1cccnc1Oc1cccc(N)c1C. The van der Waals surface area contributed by atoms with Crippen molar-refractivity contribution in [2.45, 2.75) is 6.92 Å². The summed E-state index contributed by atoms with van der Waals surface area (Å²) >= 11 is 0. The van der Waals surface area contributed by atoms with Crippen molar-refractivity contribution in [2.75, 3.05) is 12.8 Å². The molecule has 0 unspecified atom stereocenters. The number of aromatic nitrogens is 1. The molecule has 4 heteroatoms. The third-order valence-corrected chi connectivity index (χ3v) is 2.49. The van der Waals surface area contributed by atoms with Crippen LogP contribution in [0, 0.1) is 6.92 Å². The first-order chi connectivity index (χ1) is 8.22. The van der Waals surface area contributed by atoms with E-state index in [9.17, 15) is 0 Å². The first kappa shape index (κ1) is 11.3. The third kappa shape index (κ3) is 2.30. The Labute approximate surface area is 100 Å². The summed E-state index contributed by atoms with van der Waals surface area (Å²) in [6.45, 7) is 1.90. The zero-order valence-electron chi connectivity index (χ0n) is 9.81. The lowest BCUT2D eigenvalue weighted by molar-refractivity contribution is 0.369. The molecule has 0 radical (unpaired) electrons. The predicted molar refractivity (Wildman–Crippen MR) is 66.5 cm³/mol. The average molecular weight is 230 g/mol. The predicted octanol–water partition coefficient (Wildman–Crippen LogP) is 2.77. The zero-order chi connectivity index (χ0) is 12.3. The van der Waals surface area contributed by atoms with Crippen LogP contribution >= 0.6 is 0 Å². The van der Waals surface area contributed by atoms with Crippen molar-refractivity contribution in [3.05, 3.63) is 42.1 Å². The number of nitrogens with zero attached hydrogens (tertiary/aromatic N) is 1. The second kappa shape index (κ2) is 4.74. The average Bonchev–Trinajstić information content (AvgIpc) is 2.35. The normalized spacial score (nSPS) is 10.0. The minimum Gasteiger partial charge on any atom is -0.491 e. The highest BCUT2D eigenvalue weighted by molar-refractivity contribution is 5.54. The number of nitrogens with two attached hydrogens (primary N) is 1. The molecular weight excluding hydrogens is 216 g/mol. The molecule has 0 saturated carbocycles. The summed E-state index contributed by atoms with van der Waals surface area (Å²) in [6.07, 6.45) is 1.65. The van der Waals surface area contributed by atoms with Gasteiger partial charge >= 0.3 is 0 Å². The molecule has 0 aliphatic rings. The minimum atomic E-state index is 0.434. The highest BCUT2D eigenvalue weighted by Crippen LogP contribution is 2.31. The van der Waals surface area contributed by atoms with E-state index in [2.05, 4.69) is 4.98 Å². The van der Waals surface area contributed by atoms with Crippen molar-refractivity contribution in [1.82, 2.24) is 4.98 Å². The number of hydrogen-bond donors (Lipinski definition) is 1. The smallest absolute Gasteiger partial charge is 0.262 e. The van der Waals surface area contributed by atoms with Crippen molar-refractivity contribution >= 4 is 5.69 Å². The molecular formula is C13H14N2O2. The second-order valence-corrected chi connectivity index (χ2v) is 3.58. The van der Waals surface area contributed by atoms with Gasteiger partial charge in [0, 0.05) is 17.4 Å². The van der Waals surface area contributed by atoms with Gasteiger partial charge in [-0.05, 0) is 31.2 Å². The lowest BCUT2D eigenvalue weighted by Crippen LogP contribution is -1.96. The van der Waals surface area contributed by atoms with E-state index in [4.69, 9.17) is 15.2 Å². The molecule has 0 fully saturated rings. The Morgan fingerprint density at radius 2 is 1.88 bits per heavy atom. The van der Waals surface area contributed by atoms with Gasteiger partial charge in [0.2, 0.25) is 0 Å². The molecule has 1 heterocycles. The van der Waals surface area contributed by atoms with Crippen LogP contribution in [0.3, 0.4) is 0 Å². The fraction of sp³-hybridized carbons (Fsp3) is 0.154. The maximum absolute atomic E-state index is 5.81. The van der Waals surface area contributed by atoms with Gasteiger partial charge in [0.1, 0.15) is 5.75 Å². The summed E-state index contributed by atoms with van der Waals surface area (Å²) in [5.41, 5.74) is 7.39. The number of nitrogen functional groups attached to an aromatic ring is 1. The summed E-state index contributed by atoms with van der Waals surface area (Å²) in [7, 11) is 1.58. The Balaban J connectivity index is 2.35. The lowest BCUT2D eigenvalue weighted by Gasteiger charge is -2.11. The van der Waals surface area contributed by atoms with Gasteiger partial charge < -0.3 is 15.2 Å². The fourth-order valence-electron chi connectivity index (χ4n) is 1.45. The highest BCUT2D eigenvalue weighted by atomic mass is 16.5. The Hall–Kier alpha value is -2.23. The van der Waals surface area contributed by atoms with Crippen molar-refractivity contribution < 1.29 is 9.47 Å². The van der Waals surface area contributed by atoms with E-state index in [0.717, 1.165) is 5.56 Å². The third-order valence-electron chi connectivity index (χ3n) is 2.49. The van der Waals surface area contributed by atoms with Crippen LogP contribution in [0.5, 0.6) is 17.4 Å². The summed E-state index contributed by atoms with van der Waals surface area (Å²) in [6, 6.07) is 9.10. The van der Waals surface area contributed by atoms with Crippen LogP contribution in [0.2, 0.25) is 0 Å². The van der Waals surface area contributed by atoms with Crippen molar-refractivity contribution in [3.63, 3.8) is 0 Å². The van der Waals surface area contributed by atoms with Crippen molar-refractivity contribution in [3.8, 4) is 17.4 Å². The molecule has 88 valence electrons. The highest BCUT2D eigenvalue weighted by Gasteiger charge is 2.08. The van der Waals surface area contributed by atoms with Gasteiger partial charge in [-0.3, -0.25) is 0 Å². The van der Waals surface area contributed by atoms with Crippen LogP contribution in [-0.4, -0.2) is 12.1 Å². The van der Waals surface area contributed by atoms with Crippen LogP contribution in [0.1, 0.15) is 5.56 Å². The number of anilines is 1. The number of hydrogen-bond acceptors (Lipinski definition) is 4. The first-order valence-electron chi connectivity index (χ1n) is 5.24. The molecule has 0 atom stereocenters. The molecule has 0 spiro atoms. The van der Waals surface area contributed by atoms with Crippen molar-refractivity contribution in [1.29, 1.82) is 0 Å². The Bertz CT molecular complexity index is 527. The van der Waals surface area contributed by atoms with E-state index in [1.165, 1.54) is 0 Å². The molecule has 17 heavy (non-hydrogen) atoms. The fourth-order valence-corrected chi connectivity index (χ4v) is 1.45. The Morgan fingerprint density at radius 3 is 2.65 bits per heavy atom. The van der Waals surface area contributed by atoms with Crippen LogP contribution < -0.4 is 15.2 Å². The van der Waals surface area contributed by atoms with E-state index in [-0.39, 0.29) is 0 Å². The topological polar surface area (TPSA) is 57.4 Å². The minimum absolute atomic E-state index is 0.434. The quantitative estimate of drug-likeness (QED) is 0.824. The maximum atomic E-state index is 5.81. The van der Waals surface area contributed by atoms with E-state index in [1.807, 2.05) is 25.1 Å². The molecule has 0 saturated heterocycles. The second-order valence-electron chi connectivity index (χ2n) is 3.58. The van der Waals surface area contributed by atoms with Gasteiger partial charge in [0.25, 0.3) is 5.88 Å². The van der Waals surface area contributed by atoms with E-state index >= 15 is 0 Å². The molecule has 4 nitrogen and oxygen atoms in total. The van der Waals surface area contributed by atoms with Gasteiger partial charge in [0.15, 0.2) is 5.75 Å². The van der Waals surface area contributed by atoms with Crippen molar-refractivity contribution in [2.24, 2.45) is 0 Å². The van der Waals surface area contributed by atoms with Gasteiger partial charge in [-0.25, -0.2) is 4.98 Å². The number of rotatable bonds is 3. The van der Waals surface area contributed by atoms with Gasteiger partial charge in [-0.1, -0.05) is 6.07 Å². The van der Waals surface area contributed by atoms with Crippen LogP contribution in [0.4, 0.5) is 5.69 Å². The van der Waals surface area contributed by atoms with Gasteiger partial charge in [0.05, 0.1) is 7.11 Å². The maximum Gasteiger partial charge on any atom is 0.262 e. The first-order valence-corrected chi connectivity index (χ1v) is 5.24. The summed E-state index contributed by atoms with van der Waals surface area (Å²) in [5, 5.41) is 0. The number of ether oxygens (including phenoxy) is 2. The monoisotopic (exact) mass is 230 g/mol. The van der Waals surface area contributed by atoms with E-state index in [0.29, 0.717) is 23.1 Å². The Morgan fingerprint density at radius 1 is 1.12 bits per heavy atom. The molecule has 0 amide bonds. The van der Waals surface area contributed by atoms with Crippen LogP contribution in [0.25, 0.3) is 0 Å². The van der Waals surface area contributed by atoms with Gasteiger partial charge in [-0.2, -0.15) is 0 Å².